The van der Waals surface area contributed by atoms with Gasteiger partial charge in [0.25, 0.3) is 0 Å². The molecule has 4 heteroatoms. The number of esters is 1. The summed E-state index contributed by atoms with van der Waals surface area (Å²) in [6.45, 7) is 1.99. The van der Waals surface area contributed by atoms with Crippen LogP contribution in [0, 0.1) is 6.92 Å². The first kappa shape index (κ1) is 11.0. The maximum absolute atomic E-state index is 11.3. The van der Waals surface area contributed by atoms with E-state index in [0.717, 1.165) is 16.9 Å². The van der Waals surface area contributed by atoms with Crippen LogP contribution in [-0.2, 0) is 9.53 Å². The van der Waals surface area contributed by atoms with E-state index >= 15 is 0 Å². The molecule has 86 valence electrons. The van der Waals surface area contributed by atoms with Gasteiger partial charge in [-0.05, 0) is 19.1 Å². The number of rotatable bonds is 2. The molecule has 1 fully saturated rings. The minimum atomic E-state index is -0.518. The molecule has 1 aliphatic heterocycles. The average molecular weight is 221 g/mol. The van der Waals surface area contributed by atoms with Gasteiger partial charge in [-0.25, -0.2) is 0 Å². The van der Waals surface area contributed by atoms with Crippen LogP contribution in [0.15, 0.2) is 18.2 Å². The first-order valence-corrected chi connectivity index (χ1v) is 5.22. The van der Waals surface area contributed by atoms with E-state index in [2.05, 4.69) is 0 Å². The molecule has 0 saturated carbocycles. The van der Waals surface area contributed by atoms with Gasteiger partial charge in [-0.2, -0.15) is 0 Å². The molecule has 0 spiro atoms. The highest BCUT2D eigenvalue weighted by Crippen LogP contribution is 2.35. The molecule has 4 nitrogen and oxygen atoms in total. The molecule has 0 bridgehead atoms. The number of hydrogen-bond acceptors (Lipinski definition) is 4. The van der Waals surface area contributed by atoms with Crippen molar-refractivity contribution in [1.82, 2.24) is 0 Å². The van der Waals surface area contributed by atoms with Crippen molar-refractivity contribution in [3.8, 4) is 5.75 Å². The van der Waals surface area contributed by atoms with Gasteiger partial charge in [0, 0.05) is 12.0 Å². The minimum absolute atomic E-state index is 0.280. The normalized spacial score (nSPS) is 24.3. The smallest absolute Gasteiger partial charge is 0.323 e. The highest BCUT2D eigenvalue weighted by Gasteiger charge is 2.34. The van der Waals surface area contributed by atoms with Crippen molar-refractivity contribution in [1.29, 1.82) is 0 Å². The van der Waals surface area contributed by atoms with Crippen LogP contribution in [0.1, 0.15) is 23.7 Å². The topological polar surface area (TPSA) is 61.5 Å². The Morgan fingerprint density at radius 1 is 1.50 bits per heavy atom. The van der Waals surface area contributed by atoms with E-state index in [0.29, 0.717) is 6.42 Å². The van der Waals surface area contributed by atoms with Crippen molar-refractivity contribution in [2.45, 2.75) is 25.5 Å². The van der Waals surface area contributed by atoms with Gasteiger partial charge in [0.2, 0.25) is 0 Å². The third-order valence-corrected chi connectivity index (χ3v) is 2.76. The largest absolute Gasteiger partial charge is 0.496 e. The molecular formula is C12H15NO3. The molecule has 1 heterocycles. The van der Waals surface area contributed by atoms with Crippen LogP contribution in [0.4, 0.5) is 0 Å². The molecule has 1 aromatic rings. The number of carbonyl (C=O) groups is 1. The summed E-state index contributed by atoms with van der Waals surface area (Å²) in [5.74, 6) is 0.394. The van der Waals surface area contributed by atoms with Gasteiger partial charge in [-0.3, -0.25) is 4.79 Å². The van der Waals surface area contributed by atoms with Gasteiger partial charge in [0.05, 0.1) is 7.11 Å². The summed E-state index contributed by atoms with van der Waals surface area (Å²) in [5, 5.41) is 0. The number of nitrogens with two attached hydrogens (primary N) is 1. The SMILES string of the molecule is COc1ccc(C)cc1C1CC(N)C(=O)O1. The number of ether oxygens (including phenoxy) is 2. The fourth-order valence-electron chi connectivity index (χ4n) is 1.90. The van der Waals surface area contributed by atoms with Gasteiger partial charge in [0.15, 0.2) is 0 Å². The number of carbonyl (C=O) groups excluding carboxylic acids is 1. The zero-order chi connectivity index (χ0) is 11.7. The summed E-state index contributed by atoms with van der Waals surface area (Å²) in [6, 6.07) is 5.28. The summed E-state index contributed by atoms with van der Waals surface area (Å²) in [7, 11) is 1.60. The third kappa shape index (κ3) is 1.88. The lowest BCUT2D eigenvalue weighted by molar-refractivity contribution is -0.142. The van der Waals surface area contributed by atoms with Gasteiger partial charge in [-0.15, -0.1) is 0 Å². The lowest BCUT2D eigenvalue weighted by Gasteiger charge is -2.14. The first-order valence-electron chi connectivity index (χ1n) is 5.22. The van der Waals surface area contributed by atoms with Crippen LogP contribution < -0.4 is 10.5 Å². The van der Waals surface area contributed by atoms with Crippen LogP contribution >= 0.6 is 0 Å². The Balaban J connectivity index is 2.33. The second kappa shape index (κ2) is 4.14. The van der Waals surface area contributed by atoms with Gasteiger partial charge in [0.1, 0.15) is 17.9 Å². The van der Waals surface area contributed by atoms with Crippen molar-refractivity contribution in [3.63, 3.8) is 0 Å². The Bertz CT molecular complexity index is 417. The predicted octanol–water partition coefficient (Wildman–Crippen LogP) is 1.32. The number of aryl methyl sites for hydroxylation is 1. The monoisotopic (exact) mass is 221 g/mol. The number of benzene rings is 1. The fourth-order valence-corrected chi connectivity index (χ4v) is 1.90. The lowest BCUT2D eigenvalue weighted by Crippen LogP contribution is -2.24. The Morgan fingerprint density at radius 2 is 2.25 bits per heavy atom. The Morgan fingerprint density at radius 3 is 2.81 bits per heavy atom. The second-order valence-electron chi connectivity index (χ2n) is 4.01. The average Bonchev–Trinajstić information content (AvgIpc) is 2.59. The van der Waals surface area contributed by atoms with E-state index in [4.69, 9.17) is 15.2 Å². The molecule has 0 amide bonds. The van der Waals surface area contributed by atoms with Crippen LogP contribution in [0.25, 0.3) is 0 Å². The van der Waals surface area contributed by atoms with Crippen LogP contribution in [0.5, 0.6) is 5.75 Å². The highest BCUT2D eigenvalue weighted by molar-refractivity contribution is 5.78. The Hall–Kier alpha value is -1.55. The molecule has 16 heavy (non-hydrogen) atoms. The molecule has 2 unspecified atom stereocenters. The standard InChI is InChI=1S/C12H15NO3/c1-7-3-4-10(15-2)8(5-7)11-6-9(13)12(14)16-11/h3-5,9,11H,6,13H2,1-2H3. The maximum atomic E-state index is 11.3. The maximum Gasteiger partial charge on any atom is 0.323 e. The first-order chi connectivity index (χ1) is 7.61. The van der Waals surface area contributed by atoms with E-state index in [1.807, 2.05) is 25.1 Å². The van der Waals surface area contributed by atoms with E-state index < -0.39 is 6.04 Å². The minimum Gasteiger partial charge on any atom is -0.496 e. The molecule has 0 aromatic heterocycles. The van der Waals surface area contributed by atoms with Crippen molar-refractivity contribution >= 4 is 5.97 Å². The Kier molecular flexibility index (Phi) is 2.83. The van der Waals surface area contributed by atoms with Crippen LogP contribution in [0.2, 0.25) is 0 Å². The third-order valence-electron chi connectivity index (χ3n) is 2.76. The summed E-state index contributed by atoms with van der Waals surface area (Å²) in [5.41, 5.74) is 7.62. The van der Waals surface area contributed by atoms with Gasteiger partial charge < -0.3 is 15.2 Å². The molecule has 0 aliphatic carbocycles. The van der Waals surface area contributed by atoms with Crippen LogP contribution in [-0.4, -0.2) is 19.1 Å². The van der Waals surface area contributed by atoms with Gasteiger partial charge >= 0.3 is 5.97 Å². The molecule has 1 saturated heterocycles. The van der Waals surface area contributed by atoms with E-state index in [9.17, 15) is 4.79 Å². The number of hydrogen-bond donors (Lipinski definition) is 1. The summed E-state index contributed by atoms with van der Waals surface area (Å²) < 4.78 is 10.5. The molecule has 2 rings (SSSR count). The molecular weight excluding hydrogens is 206 g/mol. The van der Waals surface area contributed by atoms with Crippen LogP contribution in [0.3, 0.4) is 0 Å². The van der Waals surface area contributed by atoms with Gasteiger partial charge in [-0.1, -0.05) is 11.6 Å². The Labute approximate surface area is 94.3 Å². The van der Waals surface area contributed by atoms with E-state index in [1.54, 1.807) is 7.11 Å². The van der Waals surface area contributed by atoms with E-state index in [1.165, 1.54) is 0 Å². The molecule has 2 N–H and O–H groups in total. The van der Waals surface area contributed by atoms with Crippen molar-refractivity contribution in [2.24, 2.45) is 5.73 Å². The molecule has 2 atom stereocenters. The van der Waals surface area contributed by atoms with Crippen molar-refractivity contribution in [2.75, 3.05) is 7.11 Å². The zero-order valence-corrected chi connectivity index (χ0v) is 9.40. The van der Waals surface area contributed by atoms with Crippen molar-refractivity contribution < 1.29 is 14.3 Å². The second-order valence-corrected chi connectivity index (χ2v) is 4.01. The quantitative estimate of drug-likeness (QED) is 0.765. The fraction of sp³-hybridized carbons (Fsp3) is 0.417. The molecule has 0 radical (unpaired) electrons. The summed E-state index contributed by atoms with van der Waals surface area (Å²) in [6.07, 6.45) is 0.232. The molecule has 1 aromatic carbocycles. The zero-order valence-electron chi connectivity index (χ0n) is 9.40. The van der Waals surface area contributed by atoms with E-state index in [-0.39, 0.29) is 12.1 Å². The predicted molar refractivity (Wildman–Crippen MR) is 59.2 cm³/mol. The number of methoxy groups -OCH3 is 1. The summed E-state index contributed by atoms with van der Waals surface area (Å²) >= 11 is 0. The lowest BCUT2D eigenvalue weighted by atomic mass is 10.0. The number of cyclic esters (lactones) is 1. The molecule has 1 aliphatic rings. The highest BCUT2D eigenvalue weighted by atomic mass is 16.6. The van der Waals surface area contributed by atoms with Crippen molar-refractivity contribution in [3.05, 3.63) is 29.3 Å². The summed E-state index contributed by atoms with van der Waals surface area (Å²) in [4.78, 5) is 11.3.